The largest absolute Gasteiger partial charge is 0.435 e. The third kappa shape index (κ3) is 5.65. The Hall–Kier alpha value is -3.51. The van der Waals surface area contributed by atoms with E-state index in [4.69, 9.17) is 11.6 Å². The Kier molecular flexibility index (Phi) is 8.02. The number of para-hydroxylation sites is 1. The van der Waals surface area contributed by atoms with E-state index in [2.05, 4.69) is 15.7 Å². The molecule has 1 atom stereocenters. The molecule has 3 aromatic carbocycles. The molecule has 0 aliphatic carbocycles. The van der Waals surface area contributed by atoms with Gasteiger partial charge in [-0.15, -0.1) is 0 Å². The number of anilines is 1. The number of alkyl halides is 3. The van der Waals surface area contributed by atoms with E-state index in [1.165, 1.54) is 30.3 Å². The summed E-state index contributed by atoms with van der Waals surface area (Å²) in [4.78, 5) is 13.2. The number of benzene rings is 3. The number of aryl methyl sites for hydroxylation is 1. The number of hydrogen-bond donors (Lipinski definition) is 3. The maximum absolute atomic E-state index is 13.5. The number of carbonyl (C=O) groups is 1. The molecule has 0 saturated heterocycles. The first kappa shape index (κ1) is 27.5. The highest BCUT2D eigenvalue weighted by Crippen LogP contribution is 2.35. The Labute approximate surface area is 223 Å². The molecule has 4 rings (SSSR count). The smallest absolute Gasteiger partial charge is 0.321 e. The maximum Gasteiger partial charge on any atom is 0.435 e. The average Bonchev–Trinajstić information content (AvgIpc) is 3.32. The van der Waals surface area contributed by atoms with E-state index in [-0.39, 0.29) is 33.4 Å². The third-order valence-electron chi connectivity index (χ3n) is 5.78. The van der Waals surface area contributed by atoms with Crippen molar-refractivity contribution in [2.75, 3.05) is 12.4 Å². The second-order valence-corrected chi connectivity index (χ2v) is 9.67. The highest BCUT2D eigenvalue weighted by atomic mass is 35.5. The van der Waals surface area contributed by atoms with Crippen molar-refractivity contribution in [3.63, 3.8) is 0 Å². The van der Waals surface area contributed by atoms with Gasteiger partial charge in [0.05, 0.1) is 21.3 Å². The van der Waals surface area contributed by atoms with Crippen LogP contribution in [0, 0.1) is 6.92 Å². The normalized spacial score (nSPS) is 12.4. The maximum atomic E-state index is 13.5. The van der Waals surface area contributed by atoms with Gasteiger partial charge in [-0.2, -0.15) is 18.3 Å². The van der Waals surface area contributed by atoms with Crippen LogP contribution in [0.15, 0.2) is 71.6 Å². The minimum atomic E-state index is -4.67. The van der Waals surface area contributed by atoms with Gasteiger partial charge in [-0.25, -0.2) is 8.89 Å². The van der Waals surface area contributed by atoms with Crippen LogP contribution in [0.25, 0.3) is 16.9 Å². The van der Waals surface area contributed by atoms with Gasteiger partial charge in [0, 0.05) is 28.9 Å². The standard InChI is InChI=1S/C26H22ClF3N4O3S/c1-15-7-12-22(38(36)37)18(14-31-2)24(15)32-25(35)17-10-8-16(9-11-17)21-13-23(26(28,29)30)33-34(21)20-6-4-3-5-19(20)27/h3-13,31H,14H2,1-2H3,(H,32,35)(H,36,37). The monoisotopic (exact) mass is 562 g/mol. The molecule has 0 spiro atoms. The van der Waals surface area contributed by atoms with Crippen LogP contribution in [0.4, 0.5) is 18.9 Å². The first-order valence-electron chi connectivity index (χ1n) is 11.2. The summed E-state index contributed by atoms with van der Waals surface area (Å²) in [5, 5.41) is 9.68. The van der Waals surface area contributed by atoms with Gasteiger partial charge in [0.1, 0.15) is 0 Å². The zero-order valence-corrected chi connectivity index (χ0v) is 21.7. The lowest BCUT2D eigenvalue weighted by Crippen LogP contribution is -2.18. The van der Waals surface area contributed by atoms with E-state index in [0.717, 1.165) is 10.7 Å². The van der Waals surface area contributed by atoms with Gasteiger partial charge in [-0.05, 0) is 55.9 Å². The second-order valence-electron chi connectivity index (χ2n) is 8.32. The zero-order valence-electron chi connectivity index (χ0n) is 20.1. The molecule has 0 bridgehead atoms. The number of amides is 1. The molecule has 4 aromatic rings. The second kappa shape index (κ2) is 11.1. The van der Waals surface area contributed by atoms with Crippen molar-refractivity contribution in [3.05, 3.63) is 94.1 Å². The molecule has 0 saturated carbocycles. The summed E-state index contributed by atoms with van der Waals surface area (Å²) in [5.41, 5.74) is 1.52. The number of rotatable bonds is 7. The highest BCUT2D eigenvalue weighted by Gasteiger charge is 2.35. The minimum absolute atomic E-state index is 0.141. The van der Waals surface area contributed by atoms with Crippen LogP contribution >= 0.6 is 11.6 Å². The van der Waals surface area contributed by atoms with Gasteiger partial charge < -0.3 is 15.2 Å². The predicted octanol–water partition coefficient (Wildman–Crippen LogP) is 6.07. The molecule has 38 heavy (non-hydrogen) atoms. The van der Waals surface area contributed by atoms with Gasteiger partial charge in [0.15, 0.2) is 16.8 Å². The Bertz CT molecular complexity index is 1520. The Morgan fingerprint density at radius 2 is 1.79 bits per heavy atom. The molecule has 7 nitrogen and oxygen atoms in total. The predicted molar refractivity (Wildman–Crippen MR) is 140 cm³/mol. The van der Waals surface area contributed by atoms with Crippen molar-refractivity contribution in [1.29, 1.82) is 0 Å². The van der Waals surface area contributed by atoms with E-state index in [9.17, 15) is 26.7 Å². The van der Waals surface area contributed by atoms with Crippen molar-refractivity contribution in [2.45, 2.75) is 24.5 Å². The van der Waals surface area contributed by atoms with Crippen molar-refractivity contribution in [3.8, 4) is 16.9 Å². The average molecular weight is 563 g/mol. The van der Waals surface area contributed by atoms with Gasteiger partial charge >= 0.3 is 6.18 Å². The molecular weight excluding hydrogens is 541 g/mol. The number of nitrogens with zero attached hydrogens (tertiary/aromatic N) is 2. The van der Waals surface area contributed by atoms with Gasteiger partial charge in [0.25, 0.3) is 5.91 Å². The number of halogens is 4. The summed E-state index contributed by atoms with van der Waals surface area (Å²) in [6, 6.07) is 16.5. The molecule has 1 amide bonds. The quantitative estimate of drug-likeness (QED) is 0.238. The Morgan fingerprint density at radius 1 is 1.11 bits per heavy atom. The number of nitrogens with one attached hydrogen (secondary N) is 2. The fraction of sp³-hybridized carbons (Fsp3) is 0.154. The van der Waals surface area contributed by atoms with E-state index >= 15 is 0 Å². The van der Waals surface area contributed by atoms with Crippen LogP contribution in [-0.2, 0) is 23.8 Å². The Balaban J connectivity index is 1.69. The molecule has 198 valence electrons. The van der Waals surface area contributed by atoms with Crippen molar-refractivity contribution >= 4 is 34.3 Å². The third-order valence-corrected chi connectivity index (χ3v) is 6.86. The summed E-state index contributed by atoms with van der Waals surface area (Å²) in [6.07, 6.45) is -4.67. The fourth-order valence-electron chi connectivity index (χ4n) is 3.95. The number of aromatic nitrogens is 2. The van der Waals surface area contributed by atoms with Gasteiger partial charge in [0.2, 0.25) is 0 Å². The summed E-state index contributed by atoms with van der Waals surface area (Å²) in [5.74, 6) is -0.492. The molecule has 0 aliphatic rings. The molecular formula is C26H22ClF3N4O3S. The van der Waals surface area contributed by atoms with Crippen molar-refractivity contribution in [2.24, 2.45) is 0 Å². The molecule has 1 unspecified atom stereocenters. The Morgan fingerprint density at radius 3 is 2.39 bits per heavy atom. The SMILES string of the molecule is CNCc1c(S(=O)O)ccc(C)c1NC(=O)c1ccc(-c2cc(C(F)(F)F)nn2-c2ccccc2Cl)cc1. The van der Waals surface area contributed by atoms with Gasteiger partial charge in [-0.1, -0.05) is 41.9 Å². The van der Waals surface area contributed by atoms with Gasteiger partial charge in [-0.3, -0.25) is 4.79 Å². The van der Waals surface area contributed by atoms with Crippen LogP contribution in [0.5, 0.6) is 0 Å². The van der Waals surface area contributed by atoms with E-state index in [1.54, 1.807) is 44.3 Å². The lowest BCUT2D eigenvalue weighted by atomic mass is 10.1. The van der Waals surface area contributed by atoms with E-state index in [0.29, 0.717) is 22.4 Å². The summed E-state index contributed by atoms with van der Waals surface area (Å²) >= 11 is 3.97. The summed E-state index contributed by atoms with van der Waals surface area (Å²) in [6.45, 7) is 2.00. The topological polar surface area (TPSA) is 96.2 Å². The molecule has 0 radical (unpaired) electrons. The van der Waals surface area contributed by atoms with Crippen LogP contribution in [-0.4, -0.2) is 31.5 Å². The molecule has 1 heterocycles. The summed E-state index contributed by atoms with van der Waals surface area (Å²) < 4.78 is 63.0. The lowest BCUT2D eigenvalue weighted by molar-refractivity contribution is -0.141. The fourth-order valence-corrected chi connectivity index (χ4v) is 4.73. The van der Waals surface area contributed by atoms with E-state index in [1.807, 2.05) is 0 Å². The minimum Gasteiger partial charge on any atom is -0.321 e. The van der Waals surface area contributed by atoms with Crippen LogP contribution < -0.4 is 10.6 Å². The molecule has 0 aliphatic heterocycles. The zero-order chi connectivity index (χ0) is 27.6. The molecule has 0 fully saturated rings. The van der Waals surface area contributed by atoms with E-state index < -0.39 is 28.9 Å². The van der Waals surface area contributed by atoms with Crippen LogP contribution in [0.3, 0.4) is 0 Å². The van der Waals surface area contributed by atoms with Crippen molar-refractivity contribution in [1.82, 2.24) is 15.1 Å². The molecule has 1 aromatic heterocycles. The lowest BCUT2D eigenvalue weighted by Gasteiger charge is -2.17. The summed E-state index contributed by atoms with van der Waals surface area (Å²) in [7, 11) is 1.67. The number of carbonyl (C=O) groups excluding carboxylic acids is 1. The first-order chi connectivity index (χ1) is 18.0. The highest BCUT2D eigenvalue weighted by molar-refractivity contribution is 7.79. The van der Waals surface area contributed by atoms with Crippen LogP contribution in [0.2, 0.25) is 5.02 Å². The number of hydrogen-bond acceptors (Lipinski definition) is 4. The molecule has 3 N–H and O–H groups in total. The van der Waals surface area contributed by atoms with Crippen molar-refractivity contribution < 1.29 is 26.7 Å². The molecule has 12 heteroatoms. The first-order valence-corrected chi connectivity index (χ1v) is 12.7. The van der Waals surface area contributed by atoms with Crippen LogP contribution in [0.1, 0.15) is 27.2 Å².